The third-order valence-corrected chi connectivity index (χ3v) is 4.15. The molecule has 5 heteroatoms. The maximum atomic E-state index is 10.9. The van der Waals surface area contributed by atoms with Gasteiger partial charge in [0.1, 0.15) is 5.75 Å². The standard InChI is InChI=1S/C17H25N3O2/c1-19-11-5-9-17(21,13-19)14-20(12-6-10-18)15-7-3-4-8-16(15)22-2/h3-4,7-8,21H,5-6,9,11-14H2,1-2H3/t17-/m0/s1. The number of anilines is 1. The number of likely N-dealkylation sites (tertiary alicyclic amines) is 1. The van der Waals surface area contributed by atoms with E-state index in [2.05, 4.69) is 15.9 Å². The minimum absolute atomic E-state index is 0.421. The van der Waals surface area contributed by atoms with E-state index in [1.807, 2.05) is 31.3 Å². The zero-order chi connectivity index (χ0) is 16.0. The van der Waals surface area contributed by atoms with Crippen molar-refractivity contribution in [1.29, 1.82) is 5.26 Å². The first kappa shape index (κ1) is 16.6. The van der Waals surface area contributed by atoms with Crippen LogP contribution in [0.15, 0.2) is 24.3 Å². The van der Waals surface area contributed by atoms with E-state index in [1.54, 1.807) is 7.11 Å². The molecule has 0 spiro atoms. The lowest BCUT2D eigenvalue weighted by Crippen LogP contribution is -2.53. The third-order valence-electron chi connectivity index (χ3n) is 4.15. The van der Waals surface area contributed by atoms with Gasteiger partial charge in [-0.2, -0.15) is 5.26 Å². The number of hydrogen-bond donors (Lipinski definition) is 1. The Kier molecular flexibility index (Phi) is 5.64. The molecule has 0 amide bonds. The number of likely N-dealkylation sites (N-methyl/N-ethyl adjacent to an activating group) is 1. The van der Waals surface area contributed by atoms with Crippen molar-refractivity contribution in [3.63, 3.8) is 0 Å². The maximum Gasteiger partial charge on any atom is 0.142 e. The van der Waals surface area contributed by atoms with Crippen LogP contribution in [0.25, 0.3) is 0 Å². The van der Waals surface area contributed by atoms with Crippen LogP contribution in [-0.4, -0.2) is 55.9 Å². The molecule has 0 saturated carbocycles. The summed E-state index contributed by atoms with van der Waals surface area (Å²) in [7, 11) is 3.68. The normalized spacial score (nSPS) is 22.1. The summed E-state index contributed by atoms with van der Waals surface area (Å²) >= 11 is 0. The molecule has 5 nitrogen and oxygen atoms in total. The summed E-state index contributed by atoms with van der Waals surface area (Å²) in [4.78, 5) is 4.23. The Bertz CT molecular complexity index is 529. The van der Waals surface area contributed by atoms with Gasteiger partial charge in [-0.3, -0.25) is 0 Å². The van der Waals surface area contributed by atoms with Crippen LogP contribution < -0.4 is 9.64 Å². The van der Waals surface area contributed by atoms with Gasteiger partial charge in [0.2, 0.25) is 0 Å². The molecule has 1 N–H and O–H groups in total. The maximum absolute atomic E-state index is 10.9. The number of rotatable bonds is 6. The molecule has 0 aromatic heterocycles. The zero-order valence-corrected chi connectivity index (χ0v) is 13.5. The van der Waals surface area contributed by atoms with Crippen LogP contribution >= 0.6 is 0 Å². The monoisotopic (exact) mass is 303 g/mol. The van der Waals surface area contributed by atoms with Crippen molar-refractivity contribution in [3.8, 4) is 11.8 Å². The second-order valence-corrected chi connectivity index (χ2v) is 6.07. The number of benzene rings is 1. The summed E-state index contributed by atoms with van der Waals surface area (Å²) in [5.41, 5.74) is 0.186. The van der Waals surface area contributed by atoms with Gasteiger partial charge in [0.05, 0.1) is 30.9 Å². The summed E-state index contributed by atoms with van der Waals surface area (Å²) < 4.78 is 5.43. The molecular weight excluding hydrogens is 278 g/mol. The smallest absolute Gasteiger partial charge is 0.142 e. The third kappa shape index (κ3) is 4.12. The number of nitriles is 1. The molecule has 0 aliphatic carbocycles. The molecular formula is C17H25N3O2. The minimum Gasteiger partial charge on any atom is -0.495 e. The number of β-amino-alcohol motifs (C(OH)–C–C–N with tert-alkyl or cyclic N) is 1. The topological polar surface area (TPSA) is 59.7 Å². The highest BCUT2D eigenvalue weighted by Gasteiger charge is 2.34. The van der Waals surface area contributed by atoms with Crippen LogP contribution in [0.5, 0.6) is 5.75 Å². The predicted octanol–water partition coefficient (Wildman–Crippen LogP) is 1.87. The summed E-state index contributed by atoms with van der Waals surface area (Å²) in [6, 6.07) is 9.95. The van der Waals surface area contributed by atoms with Gasteiger partial charge in [-0.05, 0) is 38.6 Å². The highest BCUT2D eigenvalue weighted by molar-refractivity contribution is 5.58. The number of piperidine rings is 1. The average Bonchev–Trinajstić information content (AvgIpc) is 2.51. The largest absolute Gasteiger partial charge is 0.495 e. The van der Waals surface area contributed by atoms with Crippen LogP contribution in [0.4, 0.5) is 5.69 Å². The number of ether oxygens (including phenoxy) is 1. The molecule has 22 heavy (non-hydrogen) atoms. The zero-order valence-electron chi connectivity index (χ0n) is 13.5. The number of para-hydroxylation sites is 2. The van der Waals surface area contributed by atoms with E-state index in [1.165, 1.54) is 0 Å². The van der Waals surface area contributed by atoms with E-state index in [0.29, 0.717) is 26.1 Å². The summed E-state index contributed by atoms with van der Waals surface area (Å²) in [5.74, 6) is 0.771. The van der Waals surface area contributed by atoms with Gasteiger partial charge < -0.3 is 19.6 Å². The van der Waals surface area contributed by atoms with Crippen molar-refractivity contribution in [3.05, 3.63) is 24.3 Å². The van der Waals surface area contributed by atoms with E-state index >= 15 is 0 Å². The molecule has 0 radical (unpaired) electrons. The van der Waals surface area contributed by atoms with Crippen LogP contribution in [0.3, 0.4) is 0 Å². The van der Waals surface area contributed by atoms with Crippen LogP contribution in [0.1, 0.15) is 19.3 Å². The predicted molar refractivity (Wildman–Crippen MR) is 87.1 cm³/mol. The summed E-state index contributed by atoms with van der Waals surface area (Å²) in [6.45, 7) is 2.78. The Hall–Kier alpha value is -1.77. The van der Waals surface area contributed by atoms with E-state index in [4.69, 9.17) is 10.00 Å². The Morgan fingerprint density at radius 2 is 2.23 bits per heavy atom. The van der Waals surface area contributed by atoms with Crippen molar-refractivity contribution in [1.82, 2.24) is 4.90 Å². The second-order valence-electron chi connectivity index (χ2n) is 6.07. The molecule has 120 valence electrons. The Labute approximate surface area is 132 Å². The SMILES string of the molecule is COc1ccccc1N(CCC#N)C[C@]1(O)CCCN(C)C1. The van der Waals surface area contributed by atoms with Gasteiger partial charge in [0.25, 0.3) is 0 Å². The van der Waals surface area contributed by atoms with Gasteiger partial charge >= 0.3 is 0 Å². The van der Waals surface area contributed by atoms with Gasteiger partial charge in [-0.15, -0.1) is 0 Å². The Morgan fingerprint density at radius 1 is 1.45 bits per heavy atom. The molecule has 2 rings (SSSR count). The minimum atomic E-state index is -0.747. The van der Waals surface area contributed by atoms with E-state index in [-0.39, 0.29) is 0 Å². The van der Waals surface area contributed by atoms with Crippen LogP contribution in [-0.2, 0) is 0 Å². The lowest BCUT2D eigenvalue weighted by atomic mass is 9.92. The molecule has 1 aliphatic heterocycles. The fourth-order valence-corrected chi connectivity index (χ4v) is 3.18. The van der Waals surface area contributed by atoms with Crippen molar-refractivity contribution in [2.24, 2.45) is 0 Å². The lowest BCUT2D eigenvalue weighted by molar-refractivity contribution is -0.0164. The number of hydrogen-bond acceptors (Lipinski definition) is 5. The quantitative estimate of drug-likeness (QED) is 0.869. The molecule has 1 fully saturated rings. The average molecular weight is 303 g/mol. The van der Waals surface area contributed by atoms with Gasteiger partial charge in [-0.25, -0.2) is 0 Å². The molecule has 0 unspecified atom stereocenters. The fourth-order valence-electron chi connectivity index (χ4n) is 3.18. The highest BCUT2D eigenvalue weighted by atomic mass is 16.5. The van der Waals surface area contributed by atoms with Crippen molar-refractivity contribution in [2.45, 2.75) is 24.9 Å². The van der Waals surface area contributed by atoms with E-state index in [0.717, 1.165) is 30.8 Å². The first-order chi connectivity index (χ1) is 10.6. The van der Waals surface area contributed by atoms with Crippen molar-refractivity contribution in [2.75, 3.05) is 45.2 Å². The van der Waals surface area contributed by atoms with E-state index < -0.39 is 5.60 Å². The summed E-state index contributed by atoms with van der Waals surface area (Å²) in [5, 5.41) is 19.9. The first-order valence-corrected chi connectivity index (χ1v) is 7.74. The molecule has 1 aliphatic rings. The fraction of sp³-hybridized carbons (Fsp3) is 0.588. The van der Waals surface area contributed by atoms with Gasteiger partial charge in [0.15, 0.2) is 0 Å². The number of aliphatic hydroxyl groups is 1. The van der Waals surface area contributed by atoms with Crippen molar-refractivity contribution >= 4 is 5.69 Å². The van der Waals surface area contributed by atoms with Crippen LogP contribution in [0, 0.1) is 11.3 Å². The first-order valence-electron chi connectivity index (χ1n) is 7.74. The van der Waals surface area contributed by atoms with Crippen molar-refractivity contribution < 1.29 is 9.84 Å². The molecule has 1 saturated heterocycles. The molecule has 1 atom stereocenters. The van der Waals surface area contributed by atoms with Gasteiger partial charge in [-0.1, -0.05) is 12.1 Å². The molecule has 0 bridgehead atoms. The second kappa shape index (κ2) is 7.48. The van der Waals surface area contributed by atoms with Gasteiger partial charge in [0, 0.05) is 19.6 Å². The molecule has 1 heterocycles. The van der Waals surface area contributed by atoms with E-state index in [9.17, 15) is 5.11 Å². The lowest BCUT2D eigenvalue weighted by Gasteiger charge is -2.41. The Morgan fingerprint density at radius 3 is 2.91 bits per heavy atom. The number of methoxy groups -OCH3 is 1. The summed E-state index contributed by atoms with van der Waals surface area (Å²) in [6.07, 6.45) is 2.20. The highest BCUT2D eigenvalue weighted by Crippen LogP contribution is 2.31. The Balaban J connectivity index is 2.20. The molecule has 1 aromatic carbocycles. The number of nitrogens with zero attached hydrogens (tertiary/aromatic N) is 3. The molecule has 1 aromatic rings. The van der Waals surface area contributed by atoms with Crippen LogP contribution in [0.2, 0.25) is 0 Å².